The number of fused-ring (bicyclic) bond motifs is 4. The highest BCUT2D eigenvalue weighted by atomic mass is 16.6. The Bertz CT molecular complexity index is 1870. The largest absolute Gasteiger partial charge is 0.465 e. The van der Waals surface area contributed by atoms with Crippen molar-refractivity contribution in [1.82, 2.24) is 15.5 Å². The smallest absolute Gasteiger partial charge is 0.408 e. The normalized spacial score (nSPS) is 16.3. The Kier molecular flexibility index (Phi) is 13.0. The Hall–Kier alpha value is -5.39. The molecule has 2 atom stereocenters. The fourth-order valence-corrected chi connectivity index (χ4v) is 8.31. The van der Waals surface area contributed by atoms with E-state index in [0.717, 1.165) is 54.4 Å². The monoisotopic (exact) mass is 765 g/mol. The molecule has 1 saturated carbocycles. The van der Waals surface area contributed by atoms with Crippen LogP contribution in [0.1, 0.15) is 112 Å². The molecule has 3 aliphatic rings. The Balaban J connectivity index is 1.23. The van der Waals surface area contributed by atoms with Gasteiger partial charge in [-0.25, -0.2) is 9.59 Å². The molecule has 56 heavy (non-hydrogen) atoms. The molecule has 12 nitrogen and oxygen atoms in total. The van der Waals surface area contributed by atoms with Gasteiger partial charge in [-0.05, 0) is 92.8 Å². The molecule has 0 saturated heterocycles. The van der Waals surface area contributed by atoms with Crippen molar-refractivity contribution in [2.45, 2.75) is 109 Å². The van der Waals surface area contributed by atoms with Crippen molar-refractivity contribution < 1.29 is 33.8 Å². The molecule has 298 valence electrons. The topological polar surface area (TPSA) is 166 Å². The summed E-state index contributed by atoms with van der Waals surface area (Å²) in [7, 11) is 0. The van der Waals surface area contributed by atoms with E-state index in [4.69, 9.17) is 4.74 Å². The number of hydrogen-bond donors (Lipinski definition) is 5. The van der Waals surface area contributed by atoms with Crippen molar-refractivity contribution in [1.29, 1.82) is 0 Å². The van der Waals surface area contributed by atoms with Gasteiger partial charge in [0.05, 0.1) is 0 Å². The van der Waals surface area contributed by atoms with Crippen LogP contribution in [-0.4, -0.2) is 77.1 Å². The highest BCUT2D eigenvalue weighted by molar-refractivity contribution is 6.05. The molecular weight excluding hydrogens is 711 g/mol. The van der Waals surface area contributed by atoms with Crippen LogP contribution < -0.4 is 21.3 Å². The summed E-state index contributed by atoms with van der Waals surface area (Å²) in [5.41, 5.74) is 5.19. The van der Waals surface area contributed by atoms with Gasteiger partial charge in [0.15, 0.2) is 5.78 Å². The fraction of sp³-hybridized carbons (Fsp3) is 0.477. The molecule has 1 heterocycles. The quantitative estimate of drug-likeness (QED) is 0.103. The van der Waals surface area contributed by atoms with Crippen LogP contribution in [0.3, 0.4) is 0 Å². The lowest BCUT2D eigenvalue weighted by Gasteiger charge is -2.35. The number of carbonyl (C=O) groups excluding carboxylic acids is 4. The van der Waals surface area contributed by atoms with Gasteiger partial charge >= 0.3 is 12.2 Å². The summed E-state index contributed by atoms with van der Waals surface area (Å²) in [5.74, 6) is -1.04. The number of carbonyl (C=O) groups is 5. The third kappa shape index (κ3) is 10.1. The van der Waals surface area contributed by atoms with Crippen molar-refractivity contribution in [3.8, 4) is 11.1 Å². The van der Waals surface area contributed by atoms with Gasteiger partial charge in [-0.15, -0.1) is 0 Å². The van der Waals surface area contributed by atoms with E-state index < -0.39 is 41.7 Å². The number of alkyl carbamates (subject to hydrolysis) is 1. The van der Waals surface area contributed by atoms with Crippen LogP contribution in [0.4, 0.5) is 21.0 Å². The predicted molar refractivity (Wildman–Crippen MR) is 216 cm³/mol. The lowest BCUT2D eigenvalue weighted by atomic mass is 9.84. The Morgan fingerprint density at radius 3 is 2.23 bits per heavy atom. The molecule has 0 bridgehead atoms. The number of rotatable bonds is 14. The van der Waals surface area contributed by atoms with Crippen molar-refractivity contribution in [3.63, 3.8) is 0 Å². The summed E-state index contributed by atoms with van der Waals surface area (Å²) < 4.78 is 5.34. The van der Waals surface area contributed by atoms with E-state index in [-0.39, 0.29) is 30.6 Å². The number of ether oxygens (including phenoxy) is 1. The number of amides is 4. The van der Waals surface area contributed by atoms with Gasteiger partial charge < -0.3 is 31.1 Å². The first-order valence-corrected chi connectivity index (χ1v) is 20.0. The average molecular weight is 766 g/mol. The minimum Gasteiger partial charge on any atom is -0.465 e. The number of anilines is 2. The van der Waals surface area contributed by atoms with Crippen LogP contribution in [0.15, 0.2) is 66.7 Å². The van der Waals surface area contributed by atoms with E-state index in [1.807, 2.05) is 48.5 Å². The molecule has 0 spiro atoms. The average Bonchev–Trinajstić information content (AvgIpc) is 3.48. The van der Waals surface area contributed by atoms with E-state index in [2.05, 4.69) is 21.3 Å². The Morgan fingerprint density at radius 1 is 0.893 bits per heavy atom. The maximum absolute atomic E-state index is 14.6. The molecule has 1 fully saturated rings. The highest BCUT2D eigenvalue weighted by Crippen LogP contribution is 2.45. The molecule has 1 aliphatic heterocycles. The summed E-state index contributed by atoms with van der Waals surface area (Å²) >= 11 is 0. The van der Waals surface area contributed by atoms with E-state index in [1.54, 1.807) is 39.0 Å². The number of Topliss-reactive ketones (excluding diaryl/α,β-unsaturated/α-hetero) is 1. The number of nitrogens with zero attached hydrogens (tertiary/aromatic N) is 1. The second-order valence-electron chi connectivity index (χ2n) is 16.3. The fourth-order valence-electron chi connectivity index (χ4n) is 8.31. The minimum atomic E-state index is -1.19. The van der Waals surface area contributed by atoms with Gasteiger partial charge in [0.25, 0.3) is 0 Å². The van der Waals surface area contributed by atoms with Gasteiger partial charge in [-0.1, -0.05) is 80.6 Å². The summed E-state index contributed by atoms with van der Waals surface area (Å²) in [4.78, 5) is 67.9. The summed E-state index contributed by atoms with van der Waals surface area (Å²) in [6, 6.07) is 19.0. The number of unbranched alkanes of at least 4 members (excludes halogenated alkanes) is 1. The molecule has 3 aromatic carbocycles. The SMILES string of the molecule is CC(C)(C)OC(=O)NCCCC[C@H](NC(=O)[C@H](CC1CCCCC1)N(CC1c2ccccc2-c2ccccc21)C(=O)O)C(=O)Nc1ccc2c(c1)NCCC2=O. The lowest BCUT2D eigenvalue weighted by molar-refractivity contribution is -0.130. The summed E-state index contributed by atoms with van der Waals surface area (Å²) in [6.45, 7) is 6.25. The van der Waals surface area contributed by atoms with Crippen LogP contribution in [0.2, 0.25) is 0 Å². The molecule has 5 N–H and O–H groups in total. The second kappa shape index (κ2) is 18.0. The number of hydrogen-bond acceptors (Lipinski definition) is 7. The predicted octanol–water partition coefficient (Wildman–Crippen LogP) is 7.93. The molecule has 2 aliphatic carbocycles. The zero-order valence-electron chi connectivity index (χ0n) is 32.7. The van der Waals surface area contributed by atoms with Crippen LogP contribution in [0.5, 0.6) is 0 Å². The molecule has 0 aromatic heterocycles. The third-order valence-electron chi connectivity index (χ3n) is 11.0. The number of nitrogens with one attached hydrogen (secondary N) is 4. The molecule has 6 rings (SSSR count). The molecular formula is C44H55N5O7. The standard InChI is InChI=1S/C44H55N5O7/c1-44(2,3)56-42(53)46-23-12-11-19-36(40(51)47-29-20-21-34-37(26-29)45-24-22-39(34)50)48-41(52)38(25-28-13-5-4-6-14-28)49(43(54)55)27-35-32-17-9-7-15-30(32)31-16-8-10-18-33(31)35/h7-10,15-18,20-21,26,28,35-36,38,45H,4-6,11-14,19,22-25,27H2,1-3H3,(H,46,53)(H,47,51)(H,48,52)(H,54,55)/t36-,38-/m0/s1. The molecule has 3 aromatic rings. The van der Waals surface area contributed by atoms with Crippen LogP contribution in [0, 0.1) is 5.92 Å². The second-order valence-corrected chi connectivity index (χ2v) is 16.3. The molecule has 12 heteroatoms. The maximum atomic E-state index is 14.6. The zero-order valence-corrected chi connectivity index (χ0v) is 32.7. The Morgan fingerprint density at radius 2 is 1.57 bits per heavy atom. The minimum absolute atomic E-state index is 0.0262. The first kappa shape index (κ1) is 40.3. The molecule has 4 amide bonds. The maximum Gasteiger partial charge on any atom is 0.408 e. The number of carboxylic acid groups (broad SMARTS) is 1. The number of benzene rings is 3. The van der Waals surface area contributed by atoms with Crippen LogP contribution >= 0.6 is 0 Å². The van der Waals surface area contributed by atoms with Gasteiger partial charge in [-0.2, -0.15) is 0 Å². The van der Waals surface area contributed by atoms with Gasteiger partial charge in [0.1, 0.15) is 17.7 Å². The van der Waals surface area contributed by atoms with E-state index in [1.165, 1.54) is 4.90 Å². The molecule has 0 radical (unpaired) electrons. The van der Waals surface area contributed by atoms with Crippen LogP contribution in [0.25, 0.3) is 11.1 Å². The van der Waals surface area contributed by atoms with Crippen molar-refractivity contribution in [2.24, 2.45) is 5.92 Å². The van der Waals surface area contributed by atoms with E-state index in [0.29, 0.717) is 55.7 Å². The first-order chi connectivity index (χ1) is 26.9. The van der Waals surface area contributed by atoms with Crippen molar-refractivity contribution in [3.05, 3.63) is 83.4 Å². The number of ketones is 1. The third-order valence-corrected chi connectivity index (χ3v) is 11.0. The highest BCUT2D eigenvalue weighted by Gasteiger charge is 2.39. The Labute approximate surface area is 329 Å². The van der Waals surface area contributed by atoms with Crippen molar-refractivity contribution in [2.75, 3.05) is 30.3 Å². The van der Waals surface area contributed by atoms with Crippen molar-refractivity contribution >= 4 is 41.2 Å². The zero-order chi connectivity index (χ0) is 39.8. The van der Waals surface area contributed by atoms with Gasteiger partial charge in [-0.3, -0.25) is 19.3 Å². The summed E-state index contributed by atoms with van der Waals surface area (Å²) in [6.07, 6.45) is 5.24. The summed E-state index contributed by atoms with van der Waals surface area (Å²) in [5, 5.41) is 22.7. The first-order valence-electron chi connectivity index (χ1n) is 20.0. The lowest BCUT2D eigenvalue weighted by Crippen LogP contribution is -2.55. The molecule has 0 unspecified atom stereocenters. The van der Waals surface area contributed by atoms with E-state index in [9.17, 15) is 29.1 Å². The van der Waals surface area contributed by atoms with Gasteiger partial charge in [0.2, 0.25) is 11.8 Å². The van der Waals surface area contributed by atoms with E-state index >= 15 is 0 Å². The van der Waals surface area contributed by atoms with Gasteiger partial charge in [0, 0.05) is 48.9 Å². The van der Waals surface area contributed by atoms with Crippen LogP contribution in [-0.2, 0) is 14.3 Å².